The second-order valence-corrected chi connectivity index (χ2v) is 10.5. The van der Waals surface area contributed by atoms with Crippen LogP contribution in [0.3, 0.4) is 0 Å². The summed E-state index contributed by atoms with van der Waals surface area (Å²) >= 11 is 7.21. The molecular formula is C18H21ClF4N4O2S2. The molecule has 3 rings (SSSR count). The minimum absolute atomic E-state index is 0.00618. The molecule has 1 aliphatic rings. The Morgan fingerprint density at radius 1 is 1.26 bits per heavy atom. The maximum Gasteiger partial charge on any atom is 0.391 e. The van der Waals surface area contributed by atoms with Gasteiger partial charge in [-0.15, -0.1) is 11.3 Å². The van der Waals surface area contributed by atoms with E-state index in [9.17, 15) is 26.0 Å². The van der Waals surface area contributed by atoms with Gasteiger partial charge < -0.3 is 10.2 Å². The number of alkyl halides is 3. The molecule has 0 aliphatic heterocycles. The number of hydrogen-bond acceptors (Lipinski definition) is 6. The van der Waals surface area contributed by atoms with Crippen LogP contribution in [0.4, 0.5) is 28.4 Å². The molecule has 1 fully saturated rings. The predicted molar refractivity (Wildman–Crippen MR) is 113 cm³/mol. The summed E-state index contributed by atoms with van der Waals surface area (Å²) in [6.07, 6.45) is -2.83. The van der Waals surface area contributed by atoms with Crippen molar-refractivity contribution in [3.05, 3.63) is 34.5 Å². The maximum absolute atomic E-state index is 14.7. The molecule has 3 atom stereocenters. The first-order valence-corrected chi connectivity index (χ1v) is 12.0. The fraction of sp³-hybridized carbons (Fsp3) is 0.500. The topological polar surface area (TPSA) is 74.3 Å². The molecule has 1 aliphatic carbocycles. The molecule has 0 unspecified atom stereocenters. The van der Waals surface area contributed by atoms with Crippen LogP contribution >= 0.6 is 22.9 Å². The highest BCUT2D eigenvalue weighted by Crippen LogP contribution is 2.40. The van der Waals surface area contributed by atoms with E-state index in [0.29, 0.717) is 6.42 Å². The van der Waals surface area contributed by atoms with E-state index in [4.69, 9.17) is 11.6 Å². The lowest BCUT2D eigenvalue weighted by Gasteiger charge is -2.41. The zero-order valence-electron chi connectivity index (χ0n) is 16.6. The molecule has 0 amide bonds. The van der Waals surface area contributed by atoms with E-state index in [1.54, 1.807) is 19.5 Å². The van der Waals surface area contributed by atoms with Crippen molar-refractivity contribution in [1.82, 2.24) is 9.88 Å². The fourth-order valence-corrected chi connectivity index (χ4v) is 5.87. The van der Waals surface area contributed by atoms with Crippen LogP contribution in [0, 0.1) is 11.7 Å². The van der Waals surface area contributed by atoms with Crippen molar-refractivity contribution in [1.29, 1.82) is 0 Å². The van der Waals surface area contributed by atoms with Crippen molar-refractivity contribution >= 4 is 43.8 Å². The summed E-state index contributed by atoms with van der Waals surface area (Å²) in [6.45, 7) is 0. The van der Waals surface area contributed by atoms with Crippen molar-refractivity contribution in [3.8, 4) is 0 Å². The molecule has 31 heavy (non-hydrogen) atoms. The van der Waals surface area contributed by atoms with Crippen LogP contribution in [0.15, 0.2) is 28.6 Å². The Morgan fingerprint density at radius 3 is 2.55 bits per heavy atom. The number of halogens is 5. The Balaban J connectivity index is 1.86. The van der Waals surface area contributed by atoms with E-state index in [1.165, 1.54) is 6.20 Å². The zero-order valence-corrected chi connectivity index (χ0v) is 19.0. The second kappa shape index (κ2) is 9.08. The fourth-order valence-electron chi connectivity index (χ4n) is 3.71. The first kappa shape index (κ1) is 24.0. The third-order valence-electron chi connectivity index (χ3n) is 5.25. The lowest BCUT2D eigenvalue weighted by molar-refractivity contribution is -0.185. The average molecular weight is 501 g/mol. The van der Waals surface area contributed by atoms with Crippen molar-refractivity contribution in [2.45, 2.75) is 42.4 Å². The van der Waals surface area contributed by atoms with Crippen molar-refractivity contribution in [2.24, 2.45) is 5.92 Å². The van der Waals surface area contributed by atoms with Gasteiger partial charge in [-0.1, -0.05) is 11.6 Å². The van der Waals surface area contributed by atoms with Gasteiger partial charge in [0.25, 0.3) is 10.0 Å². The van der Waals surface area contributed by atoms with E-state index < -0.39 is 38.9 Å². The van der Waals surface area contributed by atoms with Gasteiger partial charge in [0, 0.05) is 23.7 Å². The quantitative estimate of drug-likeness (QED) is 0.557. The van der Waals surface area contributed by atoms with Gasteiger partial charge in [0.05, 0.1) is 16.6 Å². The van der Waals surface area contributed by atoms with Crippen LogP contribution in [-0.4, -0.2) is 50.7 Å². The van der Waals surface area contributed by atoms with Crippen LogP contribution < -0.4 is 10.0 Å². The molecule has 1 heterocycles. The number of anilines is 2. The van der Waals surface area contributed by atoms with E-state index >= 15 is 0 Å². The van der Waals surface area contributed by atoms with Crippen LogP contribution in [0.2, 0.25) is 5.02 Å². The van der Waals surface area contributed by atoms with Gasteiger partial charge in [0.2, 0.25) is 0 Å². The molecule has 1 aromatic heterocycles. The largest absolute Gasteiger partial charge is 0.391 e. The Kier molecular flexibility index (Phi) is 7.04. The predicted octanol–water partition coefficient (Wildman–Crippen LogP) is 4.81. The third-order valence-corrected chi connectivity index (χ3v) is 7.73. The van der Waals surface area contributed by atoms with E-state index in [-0.39, 0.29) is 34.7 Å². The van der Waals surface area contributed by atoms with E-state index in [0.717, 1.165) is 23.5 Å². The summed E-state index contributed by atoms with van der Waals surface area (Å²) in [6, 6.07) is 0.947. The molecule has 2 aromatic rings. The van der Waals surface area contributed by atoms with E-state index in [2.05, 4.69) is 15.0 Å². The summed E-state index contributed by atoms with van der Waals surface area (Å²) in [5.74, 6) is -2.56. The standard InChI is InChI=1S/C18H21ClF4N4O2S2/c1-27(2)15-4-3-10(18(21,22)23)7-14(15)25-13-9-12(20)16(8-11(13)19)31(28,29)26-17-24-5-6-30-17/h5-6,8-10,14-15,25H,3-4,7H2,1-2H3,(H,24,26)/t10-,14+,15+/m0/s1. The van der Waals surface area contributed by atoms with Gasteiger partial charge in [-0.3, -0.25) is 4.72 Å². The van der Waals surface area contributed by atoms with Gasteiger partial charge >= 0.3 is 6.18 Å². The molecular weight excluding hydrogens is 480 g/mol. The number of thiazole rings is 1. The SMILES string of the molecule is CN(C)[C@@H]1CC[C@H](C(F)(F)F)C[C@H]1Nc1cc(F)c(S(=O)(=O)Nc2nccs2)cc1Cl. The van der Waals surface area contributed by atoms with Crippen LogP contribution in [-0.2, 0) is 10.0 Å². The molecule has 0 spiro atoms. The Hall–Kier alpha value is -1.63. The highest BCUT2D eigenvalue weighted by atomic mass is 35.5. The number of hydrogen-bond donors (Lipinski definition) is 2. The van der Waals surface area contributed by atoms with Gasteiger partial charge in [-0.25, -0.2) is 17.8 Å². The molecule has 1 saturated carbocycles. The molecule has 0 bridgehead atoms. The van der Waals surface area contributed by atoms with Gasteiger partial charge in [0.1, 0.15) is 10.7 Å². The molecule has 0 radical (unpaired) electrons. The van der Waals surface area contributed by atoms with Crippen LogP contribution in [0.5, 0.6) is 0 Å². The normalized spacial score (nSPS) is 22.5. The van der Waals surface area contributed by atoms with Gasteiger partial charge in [-0.05, 0) is 45.5 Å². The summed E-state index contributed by atoms with van der Waals surface area (Å²) in [5.41, 5.74) is 0.0343. The minimum atomic E-state index is -4.33. The van der Waals surface area contributed by atoms with Gasteiger partial charge in [0.15, 0.2) is 5.13 Å². The first-order chi connectivity index (χ1) is 14.4. The minimum Gasteiger partial charge on any atom is -0.379 e. The van der Waals surface area contributed by atoms with E-state index in [1.807, 2.05) is 4.90 Å². The molecule has 13 heteroatoms. The number of sulfonamides is 1. The molecule has 1 aromatic carbocycles. The highest BCUT2D eigenvalue weighted by molar-refractivity contribution is 7.93. The lowest BCUT2D eigenvalue weighted by atomic mass is 9.81. The van der Waals surface area contributed by atoms with Gasteiger partial charge in [-0.2, -0.15) is 13.2 Å². The van der Waals surface area contributed by atoms with Crippen molar-refractivity contribution in [2.75, 3.05) is 24.1 Å². The number of rotatable bonds is 6. The summed E-state index contributed by atoms with van der Waals surface area (Å²) in [5, 5.41) is 4.40. The lowest BCUT2D eigenvalue weighted by Crippen LogP contribution is -2.49. The summed E-state index contributed by atoms with van der Waals surface area (Å²) < 4.78 is 81.6. The molecule has 6 nitrogen and oxygen atoms in total. The van der Waals surface area contributed by atoms with Crippen LogP contribution in [0.1, 0.15) is 19.3 Å². The highest BCUT2D eigenvalue weighted by Gasteiger charge is 2.45. The zero-order chi connectivity index (χ0) is 23.0. The Labute approximate surface area is 186 Å². The maximum atomic E-state index is 14.7. The monoisotopic (exact) mass is 500 g/mol. The number of nitrogens with zero attached hydrogens (tertiary/aromatic N) is 2. The third kappa shape index (κ3) is 5.60. The number of nitrogens with one attached hydrogen (secondary N) is 2. The molecule has 2 N–H and O–H groups in total. The van der Waals surface area contributed by atoms with Crippen molar-refractivity contribution < 1.29 is 26.0 Å². The summed E-state index contributed by atoms with van der Waals surface area (Å²) in [4.78, 5) is 4.92. The second-order valence-electron chi connectivity index (χ2n) is 7.54. The Bertz CT molecular complexity index is 1020. The smallest absolute Gasteiger partial charge is 0.379 e. The van der Waals surface area contributed by atoms with Crippen molar-refractivity contribution in [3.63, 3.8) is 0 Å². The number of benzene rings is 1. The number of aromatic nitrogens is 1. The molecule has 172 valence electrons. The number of likely N-dealkylation sites (N-methyl/N-ethyl adjacent to an activating group) is 1. The summed E-state index contributed by atoms with van der Waals surface area (Å²) in [7, 11) is -0.766. The first-order valence-electron chi connectivity index (χ1n) is 9.29. The Morgan fingerprint density at radius 2 is 1.97 bits per heavy atom. The molecule has 0 saturated heterocycles. The van der Waals surface area contributed by atoms with Crippen LogP contribution in [0.25, 0.3) is 0 Å². The average Bonchev–Trinajstić information content (AvgIpc) is 3.15.